The molecule has 94 valence electrons. The summed E-state index contributed by atoms with van der Waals surface area (Å²) < 4.78 is 13.1. The van der Waals surface area contributed by atoms with Crippen molar-refractivity contribution < 1.29 is 9.18 Å². The molecule has 1 aromatic carbocycles. The van der Waals surface area contributed by atoms with E-state index in [1.54, 1.807) is 6.07 Å². The van der Waals surface area contributed by atoms with Gasteiger partial charge in [-0.05, 0) is 37.6 Å². The molecular weight excluding hydrogens is 243 g/mol. The summed E-state index contributed by atoms with van der Waals surface area (Å²) in [6.07, 6.45) is 3.06. The van der Waals surface area contributed by atoms with Crippen LogP contribution in [0.2, 0.25) is 5.02 Å². The first-order chi connectivity index (χ1) is 8.13. The number of benzene rings is 1. The standard InChI is InChI=1S/C12H16ClFN2O/c13-10-6-5-9(8-11(10)14)16-12(17)4-2-1-3-7-15/h5-6,8H,1-4,7,15H2,(H,16,17). The van der Waals surface area contributed by atoms with Gasteiger partial charge in [-0.3, -0.25) is 4.79 Å². The maximum atomic E-state index is 13.1. The lowest BCUT2D eigenvalue weighted by atomic mass is 10.2. The van der Waals surface area contributed by atoms with Crippen molar-refractivity contribution in [3.63, 3.8) is 0 Å². The van der Waals surface area contributed by atoms with Crippen LogP contribution in [0.3, 0.4) is 0 Å². The molecule has 0 unspecified atom stereocenters. The van der Waals surface area contributed by atoms with Crippen LogP contribution in [0.4, 0.5) is 10.1 Å². The highest BCUT2D eigenvalue weighted by molar-refractivity contribution is 6.30. The van der Waals surface area contributed by atoms with Crippen LogP contribution in [-0.4, -0.2) is 12.5 Å². The summed E-state index contributed by atoms with van der Waals surface area (Å²) in [6, 6.07) is 4.20. The maximum absolute atomic E-state index is 13.1. The molecule has 0 aromatic heterocycles. The Bertz CT molecular complexity index is 385. The Balaban J connectivity index is 2.37. The number of nitrogens with two attached hydrogens (primary N) is 1. The molecule has 0 bridgehead atoms. The van der Waals surface area contributed by atoms with Crippen LogP contribution in [0.5, 0.6) is 0 Å². The van der Waals surface area contributed by atoms with E-state index < -0.39 is 5.82 Å². The van der Waals surface area contributed by atoms with Crippen molar-refractivity contribution in [1.82, 2.24) is 0 Å². The molecule has 5 heteroatoms. The normalized spacial score (nSPS) is 10.3. The molecule has 0 saturated carbocycles. The molecule has 0 spiro atoms. The molecule has 1 amide bonds. The van der Waals surface area contributed by atoms with Crippen molar-refractivity contribution in [2.75, 3.05) is 11.9 Å². The minimum absolute atomic E-state index is 0.0472. The Labute approximate surface area is 105 Å². The first kappa shape index (κ1) is 13.9. The van der Waals surface area contributed by atoms with Gasteiger partial charge < -0.3 is 11.1 Å². The first-order valence-electron chi connectivity index (χ1n) is 5.58. The summed E-state index contributed by atoms with van der Waals surface area (Å²) in [5, 5.41) is 2.67. The Kier molecular flexibility index (Phi) is 5.94. The van der Waals surface area contributed by atoms with Crippen LogP contribution in [0, 0.1) is 5.82 Å². The van der Waals surface area contributed by atoms with Gasteiger partial charge in [0.15, 0.2) is 0 Å². The minimum Gasteiger partial charge on any atom is -0.330 e. The first-order valence-corrected chi connectivity index (χ1v) is 5.96. The lowest BCUT2D eigenvalue weighted by molar-refractivity contribution is -0.116. The number of halogens is 2. The predicted molar refractivity (Wildman–Crippen MR) is 67.6 cm³/mol. The summed E-state index contributed by atoms with van der Waals surface area (Å²) in [6.45, 7) is 0.643. The molecule has 0 aliphatic carbocycles. The number of hydrogen-bond donors (Lipinski definition) is 2. The van der Waals surface area contributed by atoms with Crippen LogP contribution in [0.15, 0.2) is 18.2 Å². The van der Waals surface area contributed by atoms with Crippen LogP contribution in [0.25, 0.3) is 0 Å². The average molecular weight is 259 g/mol. The fourth-order valence-corrected chi connectivity index (χ4v) is 1.52. The van der Waals surface area contributed by atoms with Gasteiger partial charge in [0.25, 0.3) is 0 Å². The Morgan fingerprint density at radius 1 is 1.35 bits per heavy atom. The van der Waals surface area contributed by atoms with Gasteiger partial charge in [0.2, 0.25) is 5.91 Å². The second-order valence-electron chi connectivity index (χ2n) is 3.78. The quantitative estimate of drug-likeness (QED) is 0.771. The van der Waals surface area contributed by atoms with Crippen LogP contribution >= 0.6 is 11.6 Å². The highest BCUT2D eigenvalue weighted by Crippen LogP contribution is 2.18. The number of anilines is 1. The Morgan fingerprint density at radius 3 is 2.76 bits per heavy atom. The number of unbranched alkanes of at least 4 members (excludes halogenated alkanes) is 2. The van der Waals surface area contributed by atoms with Crippen LogP contribution < -0.4 is 11.1 Å². The van der Waals surface area contributed by atoms with Gasteiger partial charge in [-0.1, -0.05) is 18.0 Å². The van der Waals surface area contributed by atoms with Crippen molar-refractivity contribution in [3.05, 3.63) is 29.0 Å². The third kappa shape index (κ3) is 5.15. The average Bonchev–Trinajstić information content (AvgIpc) is 2.30. The maximum Gasteiger partial charge on any atom is 0.224 e. The van der Waals surface area contributed by atoms with E-state index >= 15 is 0 Å². The van der Waals surface area contributed by atoms with Gasteiger partial charge in [-0.15, -0.1) is 0 Å². The summed E-state index contributed by atoms with van der Waals surface area (Å²) in [5.41, 5.74) is 5.77. The van der Waals surface area contributed by atoms with Crippen LogP contribution in [-0.2, 0) is 4.79 Å². The number of nitrogens with one attached hydrogen (secondary N) is 1. The van der Waals surface area contributed by atoms with Gasteiger partial charge in [-0.2, -0.15) is 0 Å². The SMILES string of the molecule is NCCCCCC(=O)Nc1ccc(Cl)c(F)c1. The van der Waals surface area contributed by atoms with E-state index in [2.05, 4.69) is 5.32 Å². The molecule has 0 atom stereocenters. The highest BCUT2D eigenvalue weighted by Gasteiger charge is 2.05. The topological polar surface area (TPSA) is 55.1 Å². The summed E-state index contributed by atoms with van der Waals surface area (Å²) >= 11 is 5.54. The van der Waals surface area contributed by atoms with E-state index in [4.69, 9.17) is 17.3 Å². The number of amides is 1. The fraction of sp³-hybridized carbons (Fsp3) is 0.417. The summed E-state index contributed by atoms with van der Waals surface area (Å²) in [7, 11) is 0. The van der Waals surface area contributed by atoms with E-state index in [1.165, 1.54) is 12.1 Å². The fourth-order valence-electron chi connectivity index (χ4n) is 1.40. The molecule has 0 saturated heterocycles. The smallest absolute Gasteiger partial charge is 0.224 e. The lowest BCUT2D eigenvalue weighted by Crippen LogP contribution is -2.11. The number of carbonyl (C=O) groups excluding carboxylic acids is 1. The lowest BCUT2D eigenvalue weighted by Gasteiger charge is -2.05. The largest absolute Gasteiger partial charge is 0.330 e. The van der Waals surface area contributed by atoms with E-state index in [0.29, 0.717) is 18.7 Å². The molecule has 0 radical (unpaired) electrons. The molecule has 1 rings (SSSR count). The number of carbonyl (C=O) groups is 1. The van der Waals surface area contributed by atoms with E-state index in [0.717, 1.165) is 19.3 Å². The van der Waals surface area contributed by atoms with Crippen molar-refractivity contribution in [2.24, 2.45) is 5.73 Å². The van der Waals surface area contributed by atoms with E-state index in [1.807, 2.05) is 0 Å². The minimum atomic E-state index is -0.535. The summed E-state index contributed by atoms with van der Waals surface area (Å²) in [4.78, 5) is 11.5. The monoisotopic (exact) mass is 258 g/mol. The highest BCUT2D eigenvalue weighted by atomic mass is 35.5. The number of hydrogen-bond acceptors (Lipinski definition) is 2. The second-order valence-corrected chi connectivity index (χ2v) is 4.18. The van der Waals surface area contributed by atoms with Gasteiger partial charge in [0.1, 0.15) is 5.82 Å². The van der Waals surface area contributed by atoms with Crippen molar-refractivity contribution in [1.29, 1.82) is 0 Å². The third-order valence-electron chi connectivity index (χ3n) is 2.31. The van der Waals surface area contributed by atoms with Crippen LogP contribution in [0.1, 0.15) is 25.7 Å². The molecule has 1 aromatic rings. The molecule has 0 heterocycles. The molecule has 17 heavy (non-hydrogen) atoms. The summed E-state index contributed by atoms with van der Waals surface area (Å²) in [5.74, 6) is -0.656. The zero-order chi connectivity index (χ0) is 12.7. The van der Waals surface area contributed by atoms with E-state index in [-0.39, 0.29) is 10.9 Å². The van der Waals surface area contributed by atoms with Gasteiger partial charge >= 0.3 is 0 Å². The Hall–Kier alpha value is -1.13. The second kappa shape index (κ2) is 7.25. The van der Waals surface area contributed by atoms with Crippen molar-refractivity contribution in [3.8, 4) is 0 Å². The van der Waals surface area contributed by atoms with Gasteiger partial charge in [0, 0.05) is 12.1 Å². The zero-order valence-corrected chi connectivity index (χ0v) is 10.3. The molecule has 3 nitrogen and oxygen atoms in total. The number of rotatable bonds is 6. The molecule has 3 N–H and O–H groups in total. The van der Waals surface area contributed by atoms with Crippen molar-refractivity contribution >= 4 is 23.2 Å². The molecular formula is C12H16ClFN2O. The van der Waals surface area contributed by atoms with Gasteiger partial charge in [-0.25, -0.2) is 4.39 Å². The van der Waals surface area contributed by atoms with Crippen molar-refractivity contribution in [2.45, 2.75) is 25.7 Å². The van der Waals surface area contributed by atoms with Gasteiger partial charge in [0.05, 0.1) is 5.02 Å². The molecule has 0 aliphatic rings. The predicted octanol–water partition coefficient (Wildman–Crippen LogP) is 2.94. The molecule has 0 fully saturated rings. The van der Waals surface area contributed by atoms with E-state index in [9.17, 15) is 9.18 Å². The third-order valence-corrected chi connectivity index (χ3v) is 2.62. The molecule has 0 aliphatic heterocycles. The Morgan fingerprint density at radius 2 is 2.12 bits per heavy atom. The zero-order valence-electron chi connectivity index (χ0n) is 9.51.